The summed E-state index contributed by atoms with van der Waals surface area (Å²) in [4.78, 5) is 12.3. The third-order valence-electron chi connectivity index (χ3n) is 3.40. The van der Waals surface area contributed by atoms with E-state index in [-0.39, 0.29) is 17.6 Å². The molecule has 6 nitrogen and oxygen atoms in total. The average molecular weight is 288 g/mol. The number of methoxy groups -OCH3 is 1. The zero-order chi connectivity index (χ0) is 15.4. The first-order valence-corrected chi connectivity index (χ1v) is 6.85. The van der Waals surface area contributed by atoms with Gasteiger partial charge in [0.2, 0.25) is 0 Å². The molecule has 0 spiro atoms. The number of aryl methyl sites for hydroxylation is 1. The molecule has 2 aromatic rings. The number of para-hydroxylation sites is 1. The second-order valence-electron chi connectivity index (χ2n) is 4.76. The highest BCUT2D eigenvalue weighted by atomic mass is 16.5. The van der Waals surface area contributed by atoms with E-state index in [1.165, 1.54) is 0 Å². The van der Waals surface area contributed by atoms with E-state index in [0.717, 1.165) is 17.0 Å². The number of hydrogen-bond acceptors (Lipinski definition) is 4. The van der Waals surface area contributed by atoms with Gasteiger partial charge in [-0.1, -0.05) is 25.1 Å². The minimum absolute atomic E-state index is 0.213. The summed E-state index contributed by atoms with van der Waals surface area (Å²) in [5.74, 6) is 0.427. The van der Waals surface area contributed by atoms with Crippen molar-refractivity contribution in [2.45, 2.75) is 26.3 Å². The Morgan fingerprint density at radius 3 is 2.81 bits per heavy atom. The summed E-state index contributed by atoms with van der Waals surface area (Å²) in [7, 11) is 1.60. The van der Waals surface area contributed by atoms with Crippen LogP contribution in [0.3, 0.4) is 0 Å². The second kappa shape index (κ2) is 6.30. The molecule has 4 N–H and O–H groups in total. The number of nitrogens with two attached hydrogens (primary N) is 1. The van der Waals surface area contributed by atoms with E-state index in [1.54, 1.807) is 7.11 Å². The Morgan fingerprint density at radius 2 is 2.19 bits per heavy atom. The van der Waals surface area contributed by atoms with E-state index in [1.807, 2.05) is 38.1 Å². The summed E-state index contributed by atoms with van der Waals surface area (Å²) in [6, 6.07) is 7.34. The van der Waals surface area contributed by atoms with Crippen molar-refractivity contribution in [2.75, 3.05) is 12.8 Å². The normalized spacial score (nSPS) is 12.0. The van der Waals surface area contributed by atoms with Crippen molar-refractivity contribution in [3.63, 3.8) is 0 Å². The van der Waals surface area contributed by atoms with Crippen molar-refractivity contribution in [3.05, 3.63) is 41.2 Å². The van der Waals surface area contributed by atoms with Gasteiger partial charge in [-0.3, -0.25) is 9.89 Å². The predicted molar refractivity (Wildman–Crippen MR) is 81.3 cm³/mol. The van der Waals surface area contributed by atoms with Crippen LogP contribution in [0.1, 0.15) is 41.6 Å². The number of ether oxygens (including phenoxy) is 1. The molecule has 0 aliphatic rings. The average Bonchev–Trinajstić information content (AvgIpc) is 2.88. The predicted octanol–water partition coefficient (Wildman–Crippen LogP) is 2.05. The van der Waals surface area contributed by atoms with Crippen LogP contribution in [0.15, 0.2) is 24.3 Å². The molecular weight excluding hydrogens is 268 g/mol. The lowest BCUT2D eigenvalue weighted by molar-refractivity contribution is 0.0935. The van der Waals surface area contributed by atoms with Gasteiger partial charge >= 0.3 is 0 Å². The molecule has 1 aromatic heterocycles. The van der Waals surface area contributed by atoms with Crippen molar-refractivity contribution < 1.29 is 9.53 Å². The fraction of sp³-hybridized carbons (Fsp3) is 0.333. The lowest BCUT2D eigenvalue weighted by Gasteiger charge is -2.16. The van der Waals surface area contributed by atoms with Gasteiger partial charge in [-0.15, -0.1) is 0 Å². The van der Waals surface area contributed by atoms with Crippen LogP contribution < -0.4 is 15.8 Å². The summed E-state index contributed by atoms with van der Waals surface area (Å²) in [5.41, 5.74) is 8.21. The Bertz CT molecular complexity index is 636. The van der Waals surface area contributed by atoms with Crippen molar-refractivity contribution in [2.24, 2.45) is 0 Å². The number of benzene rings is 1. The number of carbonyl (C=O) groups excluding carboxylic acids is 1. The fourth-order valence-electron chi connectivity index (χ4n) is 2.20. The maximum atomic E-state index is 12.3. The fourth-order valence-corrected chi connectivity index (χ4v) is 2.20. The lowest BCUT2D eigenvalue weighted by Crippen LogP contribution is -2.28. The molecule has 0 saturated heterocycles. The largest absolute Gasteiger partial charge is 0.496 e. The Balaban J connectivity index is 2.17. The molecular formula is C15H20N4O2. The summed E-state index contributed by atoms with van der Waals surface area (Å²) >= 11 is 0. The van der Waals surface area contributed by atoms with Crippen LogP contribution in [0.4, 0.5) is 5.69 Å². The molecule has 1 atom stereocenters. The standard InChI is InChI=1S/C15H20N4O2/c1-4-11-13(16)14(19-18-11)15(20)17-9(2)10-7-5-6-8-12(10)21-3/h5-9H,4,16H2,1-3H3,(H,17,20)(H,18,19). The number of aromatic amines is 1. The molecule has 112 valence electrons. The summed E-state index contributed by atoms with van der Waals surface area (Å²) in [5, 5.41) is 9.65. The monoisotopic (exact) mass is 288 g/mol. The third-order valence-corrected chi connectivity index (χ3v) is 3.40. The van der Waals surface area contributed by atoms with E-state index in [0.29, 0.717) is 12.1 Å². The first-order valence-electron chi connectivity index (χ1n) is 6.85. The Labute approximate surface area is 123 Å². The minimum Gasteiger partial charge on any atom is -0.496 e. The highest BCUT2D eigenvalue weighted by Gasteiger charge is 2.20. The third kappa shape index (κ3) is 2.99. The molecule has 1 aromatic carbocycles. The lowest BCUT2D eigenvalue weighted by atomic mass is 10.1. The molecule has 0 aliphatic heterocycles. The molecule has 0 bridgehead atoms. The Morgan fingerprint density at radius 1 is 1.48 bits per heavy atom. The molecule has 1 heterocycles. The van der Waals surface area contributed by atoms with Gasteiger partial charge in [0, 0.05) is 5.56 Å². The van der Waals surface area contributed by atoms with Crippen molar-refractivity contribution in [1.29, 1.82) is 0 Å². The van der Waals surface area contributed by atoms with Gasteiger partial charge in [-0.05, 0) is 19.4 Å². The van der Waals surface area contributed by atoms with Gasteiger partial charge in [0.15, 0.2) is 5.69 Å². The van der Waals surface area contributed by atoms with Crippen LogP contribution in [0.2, 0.25) is 0 Å². The maximum absolute atomic E-state index is 12.3. The highest BCUT2D eigenvalue weighted by Crippen LogP contribution is 2.25. The van der Waals surface area contributed by atoms with Gasteiger partial charge in [-0.2, -0.15) is 5.10 Å². The van der Waals surface area contributed by atoms with Crippen LogP contribution >= 0.6 is 0 Å². The molecule has 0 aliphatic carbocycles. The molecule has 1 amide bonds. The van der Waals surface area contributed by atoms with Gasteiger partial charge in [0.25, 0.3) is 5.91 Å². The smallest absolute Gasteiger partial charge is 0.274 e. The van der Waals surface area contributed by atoms with Crippen LogP contribution in [0.5, 0.6) is 5.75 Å². The topological polar surface area (TPSA) is 93.0 Å². The van der Waals surface area contributed by atoms with Crippen molar-refractivity contribution >= 4 is 11.6 Å². The molecule has 0 saturated carbocycles. The van der Waals surface area contributed by atoms with E-state index in [9.17, 15) is 4.79 Å². The highest BCUT2D eigenvalue weighted by molar-refractivity contribution is 5.97. The van der Waals surface area contributed by atoms with Crippen LogP contribution in [0, 0.1) is 0 Å². The minimum atomic E-state index is -0.304. The van der Waals surface area contributed by atoms with Crippen molar-refractivity contribution in [1.82, 2.24) is 15.5 Å². The van der Waals surface area contributed by atoms with E-state index >= 15 is 0 Å². The van der Waals surface area contributed by atoms with Gasteiger partial charge in [0.05, 0.1) is 24.5 Å². The molecule has 21 heavy (non-hydrogen) atoms. The number of nitrogen functional groups attached to an aromatic ring is 1. The zero-order valence-electron chi connectivity index (χ0n) is 12.4. The number of nitrogens with zero attached hydrogens (tertiary/aromatic N) is 1. The van der Waals surface area contributed by atoms with E-state index in [4.69, 9.17) is 10.5 Å². The molecule has 1 unspecified atom stereocenters. The summed E-state index contributed by atoms with van der Waals surface area (Å²) in [6.45, 7) is 3.84. The van der Waals surface area contributed by atoms with Gasteiger partial charge in [-0.25, -0.2) is 0 Å². The number of amides is 1. The second-order valence-corrected chi connectivity index (χ2v) is 4.76. The van der Waals surface area contributed by atoms with E-state index < -0.39 is 0 Å². The Kier molecular flexibility index (Phi) is 4.47. The van der Waals surface area contributed by atoms with E-state index in [2.05, 4.69) is 15.5 Å². The van der Waals surface area contributed by atoms with Crippen LogP contribution in [-0.2, 0) is 6.42 Å². The summed E-state index contributed by atoms with van der Waals surface area (Å²) in [6.07, 6.45) is 0.703. The number of nitrogens with one attached hydrogen (secondary N) is 2. The van der Waals surface area contributed by atoms with Crippen LogP contribution in [0.25, 0.3) is 0 Å². The first kappa shape index (κ1) is 14.9. The number of carbonyl (C=O) groups is 1. The number of hydrogen-bond donors (Lipinski definition) is 3. The Hall–Kier alpha value is -2.50. The zero-order valence-corrected chi connectivity index (χ0v) is 12.4. The quantitative estimate of drug-likeness (QED) is 0.785. The number of rotatable bonds is 5. The molecule has 0 fully saturated rings. The maximum Gasteiger partial charge on any atom is 0.274 e. The van der Waals surface area contributed by atoms with Gasteiger partial charge < -0.3 is 15.8 Å². The van der Waals surface area contributed by atoms with Gasteiger partial charge in [0.1, 0.15) is 5.75 Å². The van der Waals surface area contributed by atoms with Crippen LogP contribution in [-0.4, -0.2) is 23.2 Å². The van der Waals surface area contributed by atoms with Crippen molar-refractivity contribution in [3.8, 4) is 5.75 Å². The number of aromatic nitrogens is 2. The SMILES string of the molecule is CCc1[nH]nc(C(=O)NC(C)c2ccccc2OC)c1N. The summed E-state index contributed by atoms with van der Waals surface area (Å²) < 4.78 is 5.30. The molecule has 2 rings (SSSR count). The first-order chi connectivity index (χ1) is 10.1. The number of anilines is 1. The number of H-pyrrole nitrogens is 1. The molecule has 6 heteroatoms. The molecule has 0 radical (unpaired) electrons.